The van der Waals surface area contributed by atoms with Crippen molar-refractivity contribution in [2.75, 3.05) is 7.05 Å². The highest BCUT2D eigenvalue weighted by atomic mass is 16.3. The van der Waals surface area contributed by atoms with Crippen LogP contribution < -0.4 is 11.1 Å². The summed E-state index contributed by atoms with van der Waals surface area (Å²) in [6, 6.07) is -0.160. The minimum atomic E-state index is -0.508. The molecular weight excluding hydrogens is 282 g/mol. The maximum Gasteiger partial charge on any atom is 0.227 e. The summed E-state index contributed by atoms with van der Waals surface area (Å²) in [5.74, 6) is 1.38. The largest absolute Gasteiger partial charge is 0.391 e. The lowest BCUT2D eigenvalue weighted by Crippen LogP contribution is -2.40. The Hall–Kier alpha value is -1.47. The van der Waals surface area contributed by atoms with E-state index in [2.05, 4.69) is 36.2 Å². The molecule has 0 unspecified atom stereocenters. The Morgan fingerprint density at radius 1 is 1.45 bits per heavy atom. The van der Waals surface area contributed by atoms with Crippen LogP contribution >= 0.6 is 0 Å². The number of aliphatic hydroxyl groups is 1. The molecule has 1 aliphatic rings. The van der Waals surface area contributed by atoms with Crippen LogP contribution in [-0.4, -0.2) is 45.0 Å². The van der Waals surface area contributed by atoms with Gasteiger partial charge in [-0.25, -0.2) is 9.67 Å². The monoisotopic (exact) mass is 309 g/mol. The topological polar surface area (TPSA) is 106 Å². The SMILES string of the molecule is CNC(=O)Cc1nc([C@H]2CC[C@@H](N)[C@H](O)C2)n(C(C)(C)C)n1. The van der Waals surface area contributed by atoms with Crippen LogP contribution in [0.15, 0.2) is 0 Å². The number of amides is 1. The van der Waals surface area contributed by atoms with Crippen molar-refractivity contribution in [3.63, 3.8) is 0 Å². The lowest BCUT2D eigenvalue weighted by Gasteiger charge is -2.32. The maximum absolute atomic E-state index is 11.6. The van der Waals surface area contributed by atoms with Crippen molar-refractivity contribution in [3.05, 3.63) is 11.6 Å². The summed E-state index contributed by atoms with van der Waals surface area (Å²) < 4.78 is 1.89. The van der Waals surface area contributed by atoms with Gasteiger partial charge in [0.2, 0.25) is 5.91 Å². The highest BCUT2D eigenvalue weighted by molar-refractivity contribution is 5.77. The van der Waals surface area contributed by atoms with Crippen LogP contribution in [0.25, 0.3) is 0 Å². The Morgan fingerprint density at radius 2 is 2.14 bits per heavy atom. The summed E-state index contributed by atoms with van der Waals surface area (Å²) in [4.78, 5) is 16.2. The van der Waals surface area contributed by atoms with E-state index in [0.717, 1.165) is 18.7 Å². The van der Waals surface area contributed by atoms with Crippen molar-refractivity contribution in [3.8, 4) is 0 Å². The van der Waals surface area contributed by atoms with Gasteiger partial charge < -0.3 is 16.2 Å². The van der Waals surface area contributed by atoms with E-state index < -0.39 is 6.10 Å². The van der Waals surface area contributed by atoms with Gasteiger partial charge in [0, 0.05) is 19.0 Å². The first-order valence-electron chi connectivity index (χ1n) is 7.83. The van der Waals surface area contributed by atoms with E-state index in [0.29, 0.717) is 12.2 Å². The molecule has 1 saturated carbocycles. The van der Waals surface area contributed by atoms with Crippen LogP contribution in [0.5, 0.6) is 0 Å². The smallest absolute Gasteiger partial charge is 0.227 e. The van der Waals surface area contributed by atoms with Gasteiger partial charge in [0.1, 0.15) is 5.82 Å². The second-order valence-corrected chi connectivity index (χ2v) is 7.06. The van der Waals surface area contributed by atoms with Crippen molar-refractivity contribution in [1.29, 1.82) is 0 Å². The van der Waals surface area contributed by atoms with Crippen LogP contribution in [0.4, 0.5) is 0 Å². The molecule has 0 radical (unpaired) electrons. The van der Waals surface area contributed by atoms with Crippen molar-refractivity contribution in [2.24, 2.45) is 5.73 Å². The van der Waals surface area contributed by atoms with Crippen molar-refractivity contribution < 1.29 is 9.90 Å². The molecule has 22 heavy (non-hydrogen) atoms. The van der Waals surface area contributed by atoms with E-state index in [9.17, 15) is 9.90 Å². The zero-order valence-corrected chi connectivity index (χ0v) is 13.8. The Bertz CT molecular complexity index is 535. The molecule has 124 valence electrons. The molecule has 1 amide bonds. The Kier molecular flexibility index (Phi) is 4.87. The summed E-state index contributed by atoms with van der Waals surface area (Å²) in [6.07, 6.45) is 1.91. The highest BCUT2D eigenvalue weighted by Crippen LogP contribution is 2.33. The van der Waals surface area contributed by atoms with Crippen LogP contribution in [0.1, 0.15) is 57.6 Å². The van der Waals surface area contributed by atoms with Gasteiger partial charge in [0.15, 0.2) is 5.82 Å². The van der Waals surface area contributed by atoms with Crippen molar-refractivity contribution >= 4 is 5.91 Å². The Labute approximate surface area is 131 Å². The molecule has 1 aromatic rings. The average Bonchev–Trinajstić information content (AvgIpc) is 2.85. The highest BCUT2D eigenvalue weighted by Gasteiger charge is 2.33. The molecular formula is C15H27N5O2. The Balaban J connectivity index is 2.30. The van der Waals surface area contributed by atoms with E-state index in [4.69, 9.17) is 5.73 Å². The lowest BCUT2D eigenvalue weighted by molar-refractivity contribution is -0.120. The molecule has 1 heterocycles. The van der Waals surface area contributed by atoms with Gasteiger partial charge in [-0.3, -0.25) is 4.79 Å². The molecule has 0 aliphatic heterocycles. The number of rotatable bonds is 3. The molecule has 7 nitrogen and oxygen atoms in total. The third kappa shape index (κ3) is 3.64. The molecule has 4 N–H and O–H groups in total. The van der Waals surface area contributed by atoms with Crippen LogP contribution in [-0.2, 0) is 16.8 Å². The summed E-state index contributed by atoms with van der Waals surface area (Å²) in [5, 5.41) is 17.2. The van der Waals surface area contributed by atoms with E-state index in [1.54, 1.807) is 7.05 Å². The summed E-state index contributed by atoms with van der Waals surface area (Å²) in [6.45, 7) is 6.17. The molecule has 0 saturated heterocycles. The molecule has 0 spiro atoms. The van der Waals surface area contributed by atoms with E-state index in [-0.39, 0.29) is 29.8 Å². The van der Waals surface area contributed by atoms with Gasteiger partial charge in [-0.15, -0.1) is 0 Å². The van der Waals surface area contributed by atoms with E-state index >= 15 is 0 Å². The zero-order valence-electron chi connectivity index (χ0n) is 13.8. The van der Waals surface area contributed by atoms with Gasteiger partial charge in [-0.05, 0) is 40.0 Å². The predicted octanol–water partition coefficient (Wildman–Crippen LogP) is 0.277. The number of hydrogen-bond acceptors (Lipinski definition) is 5. The first-order valence-corrected chi connectivity index (χ1v) is 7.83. The number of carbonyl (C=O) groups is 1. The molecule has 1 fully saturated rings. The standard InChI is InChI=1S/C15H27N5O2/c1-15(2,3)20-14(9-5-6-10(16)11(21)7-9)18-12(19-20)8-13(22)17-4/h9-11,21H,5-8,16H2,1-4H3,(H,17,22)/t9-,10+,11+/m0/s1. The predicted molar refractivity (Wildman–Crippen MR) is 83.4 cm³/mol. The fourth-order valence-electron chi connectivity index (χ4n) is 2.84. The van der Waals surface area contributed by atoms with Crippen molar-refractivity contribution in [1.82, 2.24) is 20.1 Å². The maximum atomic E-state index is 11.6. The van der Waals surface area contributed by atoms with Gasteiger partial charge in [0.25, 0.3) is 0 Å². The molecule has 1 aromatic heterocycles. The number of aromatic nitrogens is 3. The van der Waals surface area contributed by atoms with E-state index in [1.807, 2.05) is 4.68 Å². The first kappa shape index (κ1) is 16.9. The second kappa shape index (κ2) is 6.34. The van der Waals surface area contributed by atoms with Gasteiger partial charge in [0.05, 0.1) is 18.1 Å². The normalized spacial score (nSPS) is 26.0. The molecule has 0 bridgehead atoms. The molecule has 2 rings (SSSR count). The fraction of sp³-hybridized carbons (Fsp3) is 0.800. The van der Waals surface area contributed by atoms with Gasteiger partial charge in [-0.1, -0.05) is 0 Å². The molecule has 7 heteroatoms. The summed E-state index contributed by atoms with van der Waals surface area (Å²) in [5.41, 5.74) is 5.66. The van der Waals surface area contributed by atoms with Crippen LogP contribution in [0.3, 0.4) is 0 Å². The molecule has 3 atom stereocenters. The minimum Gasteiger partial charge on any atom is -0.391 e. The molecule has 0 aromatic carbocycles. The molecule has 1 aliphatic carbocycles. The number of nitrogens with one attached hydrogen (secondary N) is 1. The zero-order chi connectivity index (χ0) is 16.5. The number of nitrogens with two attached hydrogens (primary N) is 1. The van der Waals surface area contributed by atoms with Crippen molar-refractivity contribution in [2.45, 2.75) is 70.1 Å². The average molecular weight is 309 g/mol. The van der Waals surface area contributed by atoms with E-state index in [1.165, 1.54) is 0 Å². The van der Waals surface area contributed by atoms with Crippen LogP contribution in [0.2, 0.25) is 0 Å². The number of hydrogen-bond donors (Lipinski definition) is 3. The number of aliphatic hydroxyl groups excluding tert-OH is 1. The third-order valence-corrected chi connectivity index (χ3v) is 4.14. The first-order chi connectivity index (χ1) is 10.2. The second-order valence-electron chi connectivity index (χ2n) is 7.06. The third-order valence-electron chi connectivity index (χ3n) is 4.14. The summed E-state index contributed by atoms with van der Waals surface area (Å²) in [7, 11) is 1.60. The lowest BCUT2D eigenvalue weighted by atomic mass is 9.83. The minimum absolute atomic E-state index is 0.108. The quantitative estimate of drug-likeness (QED) is 0.743. The fourth-order valence-corrected chi connectivity index (χ4v) is 2.84. The van der Waals surface area contributed by atoms with Gasteiger partial charge in [-0.2, -0.15) is 5.10 Å². The van der Waals surface area contributed by atoms with Gasteiger partial charge >= 0.3 is 0 Å². The van der Waals surface area contributed by atoms with Crippen LogP contribution in [0, 0.1) is 0 Å². The number of nitrogens with zero attached hydrogens (tertiary/aromatic N) is 3. The number of carbonyl (C=O) groups excluding carboxylic acids is 1. The summed E-state index contributed by atoms with van der Waals surface area (Å²) >= 11 is 0. The number of likely N-dealkylation sites (N-methyl/N-ethyl adjacent to an activating group) is 1. The Morgan fingerprint density at radius 3 is 2.68 bits per heavy atom.